The highest BCUT2D eigenvalue weighted by molar-refractivity contribution is 5.70. The van der Waals surface area contributed by atoms with Crippen LogP contribution in [0.25, 0.3) is 0 Å². The molecule has 1 aromatic carbocycles. The number of esters is 1. The first-order valence-corrected chi connectivity index (χ1v) is 12.9. The number of benzene rings is 1. The summed E-state index contributed by atoms with van der Waals surface area (Å²) < 4.78 is 6.09. The quantitative estimate of drug-likeness (QED) is 0.226. The van der Waals surface area contributed by atoms with Crippen molar-refractivity contribution in [2.24, 2.45) is 0 Å². The average molecular weight is 432 g/mol. The van der Waals surface area contributed by atoms with Crippen molar-refractivity contribution in [3.8, 4) is 0 Å². The Hall–Kier alpha value is -1.39. The number of carbonyl (C=O) groups excluding carboxylic acids is 1. The van der Waals surface area contributed by atoms with E-state index in [0.717, 1.165) is 50.8 Å². The molecule has 0 aliphatic carbocycles. The fourth-order valence-electron chi connectivity index (χ4n) is 4.62. The Morgan fingerprint density at radius 3 is 1.77 bits per heavy atom. The third-order valence-corrected chi connectivity index (χ3v) is 6.56. The van der Waals surface area contributed by atoms with Gasteiger partial charge in [-0.2, -0.15) is 0 Å². The van der Waals surface area contributed by atoms with Crippen LogP contribution in [-0.4, -0.2) is 30.8 Å². The van der Waals surface area contributed by atoms with Crippen LogP contribution in [-0.2, 0) is 15.1 Å². The topological polar surface area (TPSA) is 58.6 Å². The minimum Gasteiger partial charge on any atom is -0.454 e. The molecule has 1 aliphatic heterocycles. The zero-order chi connectivity index (χ0) is 22.0. The van der Waals surface area contributed by atoms with Gasteiger partial charge in [0.15, 0.2) is 0 Å². The fourth-order valence-corrected chi connectivity index (χ4v) is 4.62. The molecule has 2 N–H and O–H groups in total. The number of piperidine rings is 1. The molecule has 0 radical (unpaired) electrons. The van der Waals surface area contributed by atoms with Gasteiger partial charge in [0.2, 0.25) is 0 Å². The van der Waals surface area contributed by atoms with Crippen LogP contribution < -0.4 is 5.32 Å². The lowest BCUT2D eigenvalue weighted by Crippen LogP contribution is -2.43. The van der Waals surface area contributed by atoms with Crippen molar-refractivity contribution in [2.45, 2.75) is 108 Å². The van der Waals surface area contributed by atoms with Crippen LogP contribution in [0, 0.1) is 0 Å². The highest BCUT2D eigenvalue weighted by Gasteiger charge is 2.37. The van der Waals surface area contributed by atoms with Crippen LogP contribution in [0.3, 0.4) is 0 Å². The van der Waals surface area contributed by atoms with Crippen molar-refractivity contribution in [1.82, 2.24) is 5.32 Å². The predicted molar refractivity (Wildman–Crippen MR) is 128 cm³/mol. The van der Waals surface area contributed by atoms with E-state index in [-0.39, 0.29) is 5.97 Å². The van der Waals surface area contributed by atoms with Gasteiger partial charge in [0, 0.05) is 25.9 Å². The van der Waals surface area contributed by atoms with Gasteiger partial charge in [-0.25, -0.2) is 0 Å². The van der Waals surface area contributed by atoms with Gasteiger partial charge in [-0.15, -0.1) is 0 Å². The molecule has 0 atom stereocenters. The molecular formula is C27H45NO3. The number of hydrogen-bond acceptors (Lipinski definition) is 4. The number of hydrogen-bond donors (Lipinski definition) is 2. The first kappa shape index (κ1) is 25.9. The zero-order valence-corrected chi connectivity index (χ0v) is 19.6. The third-order valence-electron chi connectivity index (χ3n) is 6.56. The Bertz CT molecular complexity index is 569. The molecule has 0 unspecified atom stereocenters. The van der Waals surface area contributed by atoms with Crippen molar-refractivity contribution < 1.29 is 14.6 Å². The zero-order valence-electron chi connectivity index (χ0n) is 19.6. The van der Waals surface area contributed by atoms with Crippen LogP contribution in [0.2, 0.25) is 0 Å². The molecule has 1 aromatic rings. The maximum absolute atomic E-state index is 12.6. The smallest absolute Gasteiger partial charge is 0.306 e. The van der Waals surface area contributed by atoms with E-state index in [1.807, 2.05) is 18.2 Å². The first-order chi connectivity index (χ1) is 15.3. The van der Waals surface area contributed by atoms with Crippen LogP contribution in [0.4, 0.5) is 0 Å². The van der Waals surface area contributed by atoms with Crippen molar-refractivity contribution in [2.75, 3.05) is 19.7 Å². The Kier molecular flexibility index (Phi) is 13.6. The van der Waals surface area contributed by atoms with Gasteiger partial charge in [0.25, 0.3) is 0 Å². The Morgan fingerprint density at radius 2 is 1.26 bits per heavy atom. The third kappa shape index (κ3) is 10.7. The summed E-state index contributed by atoms with van der Waals surface area (Å²) >= 11 is 0. The Balaban J connectivity index is 1.49. The summed E-state index contributed by atoms with van der Waals surface area (Å²) in [4.78, 5) is 12.6. The molecule has 31 heavy (non-hydrogen) atoms. The van der Waals surface area contributed by atoms with E-state index in [4.69, 9.17) is 9.84 Å². The molecule has 4 heteroatoms. The maximum Gasteiger partial charge on any atom is 0.306 e. The maximum atomic E-state index is 12.6. The van der Waals surface area contributed by atoms with Gasteiger partial charge >= 0.3 is 5.97 Å². The molecule has 176 valence electrons. The van der Waals surface area contributed by atoms with Crippen molar-refractivity contribution in [3.63, 3.8) is 0 Å². The van der Waals surface area contributed by atoms with Gasteiger partial charge in [0.1, 0.15) is 5.60 Å². The average Bonchev–Trinajstić information content (AvgIpc) is 2.80. The van der Waals surface area contributed by atoms with Gasteiger partial charge in [-0.05, 0) is 31.5 Å². The standard InChI is InChI=1S/C27H45NO3/c29-24-16-11-9-7-5-3-1-2-4-6-8-10-15-19-26(30)31-27(20-22-28-23-21-27)25-17-13-12-14-18-25/h12-14,17-18,28-29H,1-11,15-16,19-24H2. The second-order valence-corrected chi connectivity index (χ2v) is 9.15. The van der Waals surface area contributed by atoms with E-state index in [1.165, 1.54) is 64.2 Å². The summed E-state index contributed by atoms with van der Waals surface area (Å²) in [6, 6.07) is 10.3. The number of unbranched alkanes of at least 4 members (excludes halogenated alkanes) is 12. The first-order valence-electron chi connectivity index (χ1n) is 12.9. The summed E-state index contributed by atoms with van der Waals surface area (Å²) in [6.45, 7) is 2.13. The van der Waals surface area contributed by atoms with Gasteiger partial charge in [-0.1, -0.05) is 101 Å². The molecular weight excluding hydrogens is 386 g/mol. The highest BCUT2D eigenvalue weighted by Crippen LogP contribution is 2.35. The summed E-state index contributed by atoms with van der Waals surface area (Å²) in [5.74, 6) is -0.0373. The van der Waals surface area contributed by atoms with Gasteiger partial charge < -0.3 is 15.2 Å². The molecule has 0 spiro atoms. The van der Waals surface area contributed by atoms with Crippen LogP contribution in [0.5, 0.6) is 0 Å². The van der Waals surface area contributed by atoms with E-state index in [2.05, 4.69) is 17.4 Å². The second-order valence-electron chi connectivity index (χ2n) is 9.15. The normalized spacial score (nSPS) is 15.6. The summed E-state index contributed by atoms with van der Waals surface area (Å²) in [5.41, 5.74) is 0.692. The van der Waals surface area contributed by atoms with Crippen molar-refractivity contribution in [3.05, 3.63) is 35.9 Å². The number of nitrogens with one attached hydrogen (secondary N) is 1. The second kappa shape index (κ2) is 16.3. The minimum absolute atomic E-state index is 0.0373. The predicted octanol–water partition coefficient (Wildman–Crippen LogP) is 6.26. The molecule has 1 heterocycles. The Morgan fingerprint density at radius 1 is 0.774 bits per heavy atom. The van der Waals surface area contributed by atoms with Crippen LogP contribution in [0.1, 0.15) is 108 Å². The number of aliphatic hydroxyl groups is 1. The highest BCUT2D eigenvalue weighted by atomic mass is 16.6. The summed E-state index contributed by atoms with van der Waals surface area (Å²) in [6.07, 6.45) is 18.2. The van der Waals surface area contributed by atoms with Crippen molar-refractivity contribution >= 4 is 5.97 Å². The monoisotopic (exact) mass is 431 g/mol. The van der Waals surface area contributed by atoms with Gasteiger partial charge in [-0.3, -0.25) is 4.79 Å². The number of aliphatic hydroxyl groups excluding tert-OH is 1. The van der Waals surface area contributed by atoms with E-state index >= 15 is 0 Å². The molecule has 0 saturated carbocycles. The summed E-state index contributed by atoms with van der Waals surface area (Å²) in [5, 5.41) is 12.1. The number of ether oxygens (including phenoxy) is 1. The van der Waals surface area contributed by atoms with Crippen LogP contribution >= 0.6 is 0 Å². The molecule has 0 bridgehead atoms. The molecule has 1 saturated heterocycles. The Labute approximate surface area is 190 Å². The van der Waals surface area contributed by atoms with Gasteiger partial charge in [0.05, 0.1) is 0 Å². The molecule has 0 aromatic heterocycles. The minimum atomic E-state index is -0.442. The number of rotatable bonds is 17. The summed E-state index contributed by atoms with van der Waals surface area (Å²) in [7, 11) is 0. The van der Waals surface area contributed by atoms with Crippen molar-refractivity contribution in [1.29, 1.82) is 0 Å². The lowest BCUT2D eigenvalue weighted by molar-refractivity contribution is -0.164. The SMILES string of the molecule is O=C(CCCCCCCCCCCCCCCO)OC1(c2ccccc2)CCNCC1. The fraction of sp³-hybridized carbons (Fsp3) is 0.741. The lowest BCUT2D eigenvalue weighted by Gasteiger charge is -2.37. The molecule has 0 amide bonds. The molecule has 1 fully saturated rings. The lowest BCUT2D eigenvalue weighted by atomic mass is 9.84. The van der Waals surface area contributed by atoms with E-state index in [9.17, 15) is 4.79 Å². The largest absolute Gasteiger partial charge is 0.454 e. The molecule has 2 rings (SSSR count). The molecule has 1 aliphatic rings. The number of carbonyl (C=O) groups is 1. The van der Waals surface area contributed by atoms with Crippen LogP contribution in [0.15, 0.2) is 30.3 Å². The van der Waals surface area contributed by atoms with E-state index < -0.39 is 5.60 Å². The molecule has 4 nitrogen and oxygen atoms in total. The van der Waals surface area contributed by atoms with E-state index in [0.29, 0.717) is 13.0 Å². The van der Waals surface area contributed by atoms with E-state index in [1.54, 1.807) is 0 Å².